The van der Waals surface area contributed by atoms with E-state index in [0.717, 1.165) is 17.7 Å². The van der Waals surface area contributed by atoms with Gasteiger partial charge in [-0.15, -0.1) is 11.8 Å². The minimum Gasteiger partial charge on any atom is -0.345 e. The van der Waals surface area contributed by atoms with E-state index in [9.17, 15) is 14.4 Å². The van der Waals surface area contributed by atoms with Crippen molar-refractivity contribution in [1.82, 2.24) is 15.1 Å². The molecule has 1 aromatic carbocycles. The third kappa shape index (κ3) is 4.27. The van der Waals surface area contributed by atoms with Crippen molar-refractivity contribution >= 4 is 41.1 Å². The van der Waals surface area contributed by atoms with Crippen molar-refractivity contribution in [2.24, 2.45) is 0 Å². The third-order valence-electron chi connectivity index (χ3n) is 4.36. The summed E-state index contributed by atoms with van der Waals surface area (Å²) in [6, 6.07) is 5.54. The number of carbonyl (C=O) groups excluding carboxylic acids is 3. The summed E-state index contributed by atoms with van der Waals surface area (Å²) in [5, 5.41) is 3.12. The van der Waals surface area contributed by atoms with Crippen LogP contribution in [-0.2, 0) is 9.59 Å². The minimum atomic E-state index is -0.544. The highest BCUT2D eigenvalue weighted by Gasteiger charge is 2.32. The maximum atomic E-state index is 12.7. The van der Waals surface area contributed by atoms with Crippen LogP contribution in [0.1, 0.15) is 23.2 Å². The number of nitrogens with one attached hydrogen (secondary N) is 1. The average molecular weight is 382 g/mol. The first-order valence-electron chi connectivity index (χ1n) is 8.22. The Morgan fingerprint density at radius 1 is 1.12 bits per heavy atom. The highest BCUT2D eigenvalue weighted by molar-refractivity contribution is 7.98. The molecule has 3 rings (SSSR count). The summed E-state index contributed by atoms with van der Waals surface area (Å²) >= 11 is 7.71. The molecule has 0 unspecified atom stereocenters. The van der Waals surface area contributed by atoms with Gasteiger partial charge in [-0.25, -0.2) is 0 Å². The zero-order valence-corrected chi connectivity index (χ0v) is 15.5. The topological polar surface area (TPSA) is 69.7 Å². The predicted octanol–water partition coefficient (Wildman–Crippen LogP) is 1.62. The first-order valence-corrected chi connectivity index (χ1v) is 9.82. The van der Waals surface area contributed by atoms with E-state index in [1.807, 2.05) is 12.3 Å². The van der Waals surface area contributed by atoms with Crippen LogP contribution in [0.3, 0.4) is 0 Å². The van der Waals surface area contributed by atoms with E-state index in [1.54, 1.807) is 28.8 Å². The zero-order chi connectivity index (χ0) is 18.0. The van der Waals surface area contributed by atoms with Crippen LogP contribution in [0, 0.1) is 0 Å². The summed E-state index contributed by atoms with van der Waals surface area (Å²) in [5.74, 6) is -1.20. The molecule has 0 aromatic heterocycles. The third-order valence-corrected chi connectivity index (χ3v) is 5.42. The summed E-state index contributed by atoms with van der Waals surface area (Å²) in [5.41, 5.74) is 0.472. The molecule has 1 aliphatic carbocycles. The van der Waals surface area contributed by atoms with Gasteiger partial charge in [0.2, 0.25) is 0 Å². The second-order valence-electron chi connectivity index (χ2n) is 6.18. The van der Waals surface area contributed by atoms with Gasteiger partial charge in [-0.1, -0.05) is 11.6 Å². The Bertz CT molecular complexity index is 700. The Hall–Kier alpha value is -1.73. The van der Waals surface area contributed by atoms with Crippen molar-refractivity contribution in [1.29, 1.82) is 0 Å². The van der Waals surface area contributed by atoms with Crippen molar-refractivity contribution < 1.29 is 14.4 Å². The quantitative estimate of drug-likeness (QED) is 0.638. The van der Waals surface area contributed by atoms with Crippen LogP contribution >= 0.6 is 23.4 Å². The molecule has 6 nitrogen and oxygen atoms in total. The minimum absolute atomic E-state index is 0.143. The molecular formula is C17H20ClN3O3S. The lowest BCUT2D eigenvalue weighted by Gasteiger charge is -2.34. The monoisotopic (exact) mass is 381 g/mol. The highest BCUT2D eigenvalue weighted by Crippen LogP contribution is 2.24. The number of piperazine rings is 1. The van der Waals surface area contributed by atoms with Gasteiger partial charge in [-0.2, -0.15) is 0 Å². The molecule has 1 saturated heterocycles. The van der Waals surface area contributed by atoms with Crippen LogP contribution in [0.15, 0.2) is 23.1 Å². The number of halogens is 1. The van der Waals surface area contributed by atoms with Crippen LogP contribution in [0.2, 0.25) is 5.02 Å². The van der Waals surface area contributed by atoms with E-state index >= 15 is 0 Å². The Labute approximate surface area is 155 Å². The van der Waals surface area contributed by atoms with Gasteiger partial charge in [0.15, 0.2) is 0 Å². The molecule has 1 aliphatic heterocycles. The number of benzene rings is 1. The van der Waals surface area contributed by atoms with Crippen molar-refractivity contribution in [3.05, 3.63) is 28.8 Å². The lowest BCUT2D eigenvalue weighted by molar-refractivity contribution is -0.146. The van der Waals surface area contributed by atoms with Crippen molar-refractivity contribution in [2.45, 2.75) is 23.8 Å². The normalized spacial score (nSPS) is 17.4. The maximum absolute atomic E-state index is 12.7. The zero-order valence-electron chi connectivity index (χ0n) is 14.0. The molecule has 25 heavy (non-hydrogen) atoms. The van der Waals surface area contributed by atoms with Crippen molar-refractivity contribution in [2.75, 3.05) is 32.4 Å². The molecule has 1 aromatic rings. The number of nitrogens with zero attached hydrogens (tertiary/aromatic N) is 2. The Kier molecular flexibility index (Phi) is 5.54. The summed E-state index contributed by atoms with van der Waals surface area (Å²) in [6.45, 7) is 1.48. The van der Waals surface area contributed by atoms with E-state index in [2.05, 4.69) is 5.32 Å². The number of hydrogen-bond acceptors (Lipinski definition) is 4. The number of amides is 3. The van der Waals surface area contributed by atoms with E-state index in [4.69, 9.17) is 11.6 Å². The molecule has 3 amide bonds. The second kappa shape index (κ2) is 7.66. The first kappa shape index (κ1) is 18.1. The van der Waals surface area contributed by atoms with E-state index in [1.165, 1.54) is 4.90 Å². The standard InChI is InChI=1S/C17H20ClN3O3S/c1-25-12-4-5-14(18)13(10-12)16(23)20-6-8-21(9-7-20)17(24)15(22)19-11-2-3-11/h4-5,10-11H,2-3,6-9H2,1H3,(H,19,22). The lowest BCUT2D eigenvalue weighted by atomic mass is 10.1. The van der Waals surface area contributed by atoms with Gasteiger partial charge >= 0.3 is 11.8 Å². The number of rotatable bonds is 3. The van der Waals surface area contributed by atoms with Gasteiger partial charge in [0.25, 0.3) is 5.91 Å². The molecule has 0 radical (unpaired) electrons. The summed E-state index contributed by atoms with van der Waals surface area (Å²) in [4.78, 5) is 40.8. The molecule has 0 atom stereocenters. The van der Waals surface area contributed by atoms with Gasteiger partial charge in [0.05, 0.1) is 10.6 Å². The van der Waals surface area contributed by atoms with Gasteiger partial charge in [-0.3, -0.25) is 14.4 Å². The fourth-order valence-corrected chi connectivity index (χ4v) is 3.33. The smallest absolute Gasteiger partial charge is 0.312 e. The Balaban J connectivity index is 1.59. The molecule has 2 aliphatic rings. The van der Waals surface area contributed by atoms with Crippen LogP contribution in [0.4, 0.5) is 0 Å². The molecular weight excluding hydrogens is 362 g/mol. The van der Waals surface area contributed by atoms with Crippen LogP contribution in [-0.4, -0.2) is 66.0 Å². The van der Waals surface area contributed by atoms with E-state index < -0.39 is 11.8 Å². The summed E-state index contributed by atoms with van der Waals surface area (Å²) in [7, 11) is 0. The van der Waals surface area contributed by atoms with Crippen LogP contribution in [0.5, 0.6) is 0 Å². The summed E-state index contributed by atoms with van der Waals surface area (Å²) in [6.07, 6.45) is 3.82. The Morgan fingerprint density at radius 2 is 1.76 bits per heavy atom. The van der Waals surface area contributed by atoms with Crippen molar-refractivity contribution in [3.8, 4) is 0 Å². The molecule has 1 heterocycles. The second-order valence-corrected chi connectivity index (χ2v) is 7.46. The predicted molar refractivity (Wildman–Crippen MR) is 96.9 cm³/mol. The molecule has 0 spiro atoms. The summed E-state index contributed by atoms with van der Waals surface area (Å²) < 4.78 is 0. The van der Waals surface area contributed by atoms with Crippen LogP contribution in [0.25, 0.3) is 0 Å². The van der Waals surface area contributed by atoms with Gasteiger partial charge in [-0.05, 0) is 37.3 Å². The van der Waals surface area contributed by atoms with Crippen LogP contribution < -0.4 is 5.32 Å². The highest BCUT2D eigenvalue weighted by atomic mass is 35.5. The maximum Gasteiger partial charge on any atom is 0.312 e. The number of thioether (sulfide) groups is 1. The largest absolute Gasteiger partial charge is 0.345 e. The first-order chi connectivity index (χ1) is 12.0. The fraction of sp³-hybridized carbons (Fsp3) is 0.471. The van der Waals surface area contributed by atoms with E-state index in [-0.39, 0.29) is 11.9 Å². The molecule has 0 bridgehead atoms. The average Bonchev–Trinajstić information content (AvgIpc) is 3.45. The molecule has 2 fully saturated rings. The SMILES string of the molecule is CSc1ccc(Cl)c(C(=O)N2CCN(C(=O)C(=O)NC3CC3)CC2)c1. The Morgan fingerprint density at radius 3 is 2.36 bits per heavy atom. The molecule has 8 heteroatoms. The van der Waals surface area contributed by atoms with E-state index in [0.29, 0.717) is 36.8 Å². The van der Waals surface area contributed by atoms with Gasteiger partial charge < -0.3 is 15.1 Å². The fourth-order valence-electron chi connectivity index (χ4n) is 2.70. The van der Waals surface area contributed by atoms with Gasteiger partial charge in [0, 0.05) is 37.1 Å². The number of hydrogen-bond donors (Lipinski definition) is 1. The lowest BCUT2D eigenvalue weighted by Crippen LogP contribution is -2.54. The van der Waals surface area contributed by atoms with Gasteiger partial charge in [0.1, 0.15) is 0 Å². The molecule has 1 saturated carbocycles. The number of carbonyl (C=O) groups is 3. The molecule has 1 N–H and O–H groups in total. The van der Waals surface area contributed by atoms with Crippen molar-refractivity contribution in [3.63, 3.8) is 0 Å². The molecule has 134 valence electrons.